The number of ketones is 1. The Labute approximate surface area is 145 Å². The van der Waals surface area contributed by atoms with Crippen molar-refractivity contribution >= 4 is 11.8 Å². The van der Waals surface area contributed by atoms with Crippen LogP contribution in [0.3, 0.4) is 0 Å². The number of aryl methyl sites for hydroxylation is 1. The molecule has 25 heavy (non-hydrogen) atoms. The predicted molar refractivity (Wildman–Crippen MR) is 93.6 cm³/mol. The Morgan fingerprint density at radius 2 is 1.68 bits per heavy atom. The maximum Gasteiger partial charge on any atom is 0.338 e. The minimum atomic E-state index is -0.508. The molecule has 0 saturated carbocycles. The normalized spacial score (nSPS) is 10.4. The van der Waals surface area contributed by atoms with E-state index >= 15 is 0 Å². The Kier molecular flexibility index (Phi) is 5.04. The second kappa shape index (κ2) is 7.57. The molecule has 0 N–H and O–H groups in total. The highest BCUT2D eigenvalue weighted by Crippen LogP contribution is 2.09. The van der Waals surface area contributed by atoms with E-state index in [0.717, 1.165) is 11.1 Å². The fraction of sp³-hybridized carbons (Fsp3) is 0.150. The highest BCUT2D eigenvalue weighted by atomic mass is 16.5. The SMILES string of the molecule is Cc1ccc(C(=O)COC(=O)c2ccc(Cn3cccn3)cc2)cc1. The van der Waals surface area contributed by atoms with Gasteiger partial charge >= 0.3 is 5.97 Å². The minimum absolute atomic E-state index is 0.219. The number of nitrogens with zero attached hydrogens (tertiary/aromatic N) is 2. The van der Waals surface area contributed by atoms with Crippen molar-refractivity contribution < 1.29 is 14.3 Å². The van der Waals surface area contributed by atoms with Crippen LogP contribution in [-0.4, -0.2) is 28.1 Å². The summed E-state index contributed by atoms with van der Waals surface area (Å²) in [5, 5.41) is 4.14. The molecule has 0 amide bonds. The van der Waals surface area contributed by atoms with E-state index in [1.165, 1.54) is 0 Å². The van der Waals surface area contributed by atoms with Crippen molar-refractivity contribution in [2.24, 2.45) is 0 Å². The number of Topliss-reactive ketones (excluding diaryl/α,β-unsaturated/α-hetero) is 1. The molecule has 0 aliphatic carbocycles. The van der Waals surface area contributed by atoms with Crippen molar-refractivity contribution in [1.82, 2.24) is 9.78 Å². The summed E-state index contributed by atoms with van der Waals surface area (Å²) in [4.78, 5) is 24.1. The van der Waals surface area contributed by atoms with Gasteiger partial charge in [0.2, 0.25) is 0 Å². The molecule has 5 nitrogen and oxygen atoms in total. The van der Waals surface area contributed by atoms with Gasteiger partial charge in [-0.05, 0) is 30.7 Å². The summed E-state index contributed by atoms with van der Waals surface area (Å²) in [6.45, 7) is 2.31. The number of esters is 1. The second-order valence-corrected chi connectivity index (χ2v) is 5.77. The summed E-state index contributed by atoms with van der Waals surface area (Å²) < 4.78 is 6.91. The van der Waals surface area contributed by atoms with Crippen molar-refractivity contribution in [3.05, 3.63) is 89.2 Å². The van der Waals surface area contributed by atoms with Crippen LogP contribution in [0.5, 0.6) is 0 Å². The lowest BCUT2D eigenvalue weighted by Crippen LogP contribution is -2.14. The van der Waals surface area contributed by atoms with Crippen molar-refractivity contribution in [1.29, 1.82) is 0 Å². The quantitative estimate of drug-likeness (QED) is 0.513. The number of carbonyl (C=O) groups is 2. The monoisotopic (exact) mass is 334 g/mol. The van der Waals surface area contributed by atoms with Crippen molar-refractivity contribution in [3.8, 4) is 0 Å². The Bertz CT molecular complexity index is 851. The van der Waals surface area contributed by atoms with Gasteiger partial charge in [0.1, 0.15) is 0 Å². The van der Waals surface area contributed by atoms with Crippen LogP contribution in [0.4, 0.5) is 0 Å². The van der Waals surface area contributed by atoms with Gasteiger partial charge in [0.05, 0.1) is 12.1 Å². The summed E-state index contributed by atoms with van der Waals surface area (Å²) in [7, 11) is 0. The van der Waals surface area contributed by atoms with Gasteiger partial charge in [0, 0.05) is 18.0 Å². The molecule has 0 radical (unpaired) electrons. The van der Waals surface area contributed by atoms with Crippen LogP contribution < -0.4 is 0 Å². The molecule has 0 unspecified atom stereocenters. The molecule has 2 aromatic carbocycles. The molecule has 0 aliphatic heterocycles. The van der Waals surface area contributed by atoms with Gasteiger partial charge in [-0.2, -0.15) is 5.10 Å². The van der Waals surface area contributed by atoms with Crippen LogP contribution >= 0.6 is 0 Å². The Balaban J connectivity index is 1.55. The lowest BCUT2D eigenvalue weighted by molar-refractivity contribution is 0.0474. The molecule has 1 aromatic heterocycles. The molecule has 5 heteroatoms. The summed E-state index contributed by atoms with van der Waals surface area (Å²) in [5.41, 5.74) is 3.05. The first-order valence-electron chi connectivity index (χ1n) is 7.95. The zero-order valence-electron chi connectivity index (χ0n) is 13.9. The van der Waals surface area contributed by atoms with Crippen LogP contribution in [0.25, 0.3) is 0 Å². The van der Waals surface area contributed by atoms with Gasteiger partial charge in [-0.15, -0.1) is 0 Å². The molecule has 0 atom stereocenters. The van der Waals surface area contributed by atoms with Crippen molar-refractivity contribution in [3.63, 3.8) is 0 Å². The summed E-state index contributed by atoms with van der Waals surface area (Å²) in [6.07, 6.45) is 3.59. The average Bonchev–Trinajstić information content (AvgIpc) is 3.13. The number of hydrogen-bond acceptors (Lipinski definition) is 4. The van der Waals surface area contributed by atoms with Crippen LogP contribution in [0.1, 0.15) is 31.8 Å². The standard InChI is InChI=1S/C20H18N2O3/c1-15-3-7-17(8-4-15)19(23)14-25-20(24)18-9-5-16(6-10-18)13-22-12-2-11-21-22/h2-12H,13-14H2,1H3. The molecule has 0 fully saturated rings. The maximum atomic E-state index is 12.1. The topological polar surface area (TPSA) is 61.2 Å². The fourth-order valence-corrected chi connectivity index (χ4v) is 2.36. The smallest absolute Gasteiger partial charge is 0.338 e. The van der Waals surface area contributed by atoms with E-state index in [2.05, 4.69) is 5.10 Å². The van der Waals surface area contributed by atoms with E-state index in [9.17, 15) is 9.59 Å². The molecule has 3 rings (SSSR count). The molecular formula is C20H18N2O3. The van der Waals surface area contributed by atoms with Crippen molar-refractivity contribution in [2.75, 3.05) is 6.61 Å². The highest BCUT2D eigenvalue weighted by Gasteiger charge is 2.12. The van der Waals surface area contributed by atoms with Crippen LogP contribution in [-0.2, 0) is 11.3 Å². The fourth-order valence-electron chi connectivity index (χ4n) is 2.36. The first-order chi connectivity index (χ1) is 12.1. The van der Waals surface area contributed by atoms with Gasteiger partial charge in [0.15, 0.2) is 12.4 Å². The number of benzene rings is 2. The van der Waals surface area contributed by atoms with E-state index in [0.29, 0.717) is 17.7 Å². The molecular weight excluding hydrogens is 316 g/mol. The van der Waals surface area contributed by atoms with Gasteiger partial charge in [-0.25, -0.2) is 4.79 Å². The zero-order chi connectivity index (χ0) is 17.6. The summed E-state index contributed by atoms with van der Waals surface area (Å²) >= 11 is 0. The Hall–Kier alpha value is -3.21. The summed E-state index contributed by atoms with van der Waals surface area (Å²) in [5.74, 6) is -0.727. The highest BCUT2D eigenvalue weighted by molar-refractivity contribution is 5.99. The van der Waals surface area contributed by atoms with E-state index in [1.54, 1.807) is 35.1 Å². The van der Waals surface area contributed by atoms with Gasteiger partial charge < -0.3 is 4.74 Å². The zero-order valence-corrected chi connectivity index (χ0v) is 13.9. The maximum absolute atomic E-state index is 12.1. The third kappa shape index (κ3) is 4.41. The van der Waals surface area contributed by atoms with Crippen molar-refractivity contribution in [2.45, 2.75) is 13.5 Å². The van der Waals surface area contributed by atoms with Gasteiger partial charge in [-0.1, -0.05) is 42.0 Å². The van der Waals surface area contributed by atoms with Crippen LogP contribution in [0.2, 0.25) is 0 Å². The van der Waals surface area contributed by atoms with E-state index in [1.807, 2.05) is 43.5 Å². The van der Waals surface area contributed by atoms with Gasteiger partial charge in [-0.3, -0.25) is 9.48 Å². The van der Waals surface area contributed by atoms with Gasteiger partial charge in [0.25, 0.3) is 0 Å². The molecule has 0 spiro atoms. The molecule has 0 saturated heterocycles. The number of rotatable bonds is 6. The lowest BCUT2D eigenvalue weighted by Gasteiger charge is -2.06. The third-order valence-corrected chi connectivity index (χ3v) is 3.80. The van der Waals surface area contributed by atoms with Crippen LogP contribution in [0.15, 0.2) is 67.0 Å². The Morgan fingerprint density at radius 3 is 2.32 bits per heavy atom. The van der Waals surface area contributed by atoms with E-state index in [4.69, 9.17) is 4.74 Å². The van der Waals surface area contributed by atoms with E-state index < -0.39 is 5.97 Å². The molecule has 3 aromatic rings. The summed E-state index contributed by atoms with van der Waals surface area (Å²) in [6, 6.07) is 16.1. The number of aromatic nitrogens is 2. The first-order valence-corrected chi connectivity index (χ1v) is 7.95. The Morgan fingerprint density at radius 1 is 1.00 bits per heavy atom. The number of carbonyl (C=O) groups excluding carboxylic acids is 2. The van der Waals surface area contributed by atoms with E-state index in [-0.39, 0.29) is 12.4 Å². The number of ether oxygens (including phenoxy) is 1. The van der Waals surface area contributed by atoms with Crippen LogP contribution in [0, 0.1) is 6.92 Å². The average molecular weight is 334 g/mol. The molecule has 126 valence electrons. The predicted octanol–water partition coefficient (Wildman–Crippen LogP) is 3.28. The number of hydrogen-bond donors (Lipinski definition) is 0. The third-order valence-electron chi connectivity index (χ3n) is 3.80. The minimum Gasteiger partial charge on any atom is -0.454 e. The lowest BCUT2D eigenvalue weighted by atomic mass is 10.1. The molecule has 1 heterocycles. The first kappa shape index (κ1) is 16.6. The molecule has 0 aliphatic rings. The molecule has 0 bridgehead atoms. The second-order valence-electron chi connectivity index (χ2n) is 5.77. The largest absolute Gasteiger partial charge is 0.454 e.